The normalized spacial score (nSPS) is 59.8. The first-order valence-corrected chi connectivity index (χ1v) is 12.6. The molecule has 6 fully saturated rings. The maximum absolute atomic E-state index is 12.4. The highest BCUT2D eigenvalue weighted by molar-refractivity contribution is 5.66. The van der Waals surface area contributed by atoms with Crippen LogP contribution in [-0.2, 0) is 19.0 Å². The molecule has 5 saturated carbocycles. The van der Waals surface area contributed by atoms with E-state index in [1.54, 1.807) is 14.2 Å². The molecule has 1 aliphatic heterocycles. The third-order valence-electron chi connectivity index (χ3n) is 11.3. The summed E-state index contributed by atoms with van der Waals surface area (Å²) in [6.07, 6.45) is 1.85. The lowest BCUT2D eigenvalue weighted by atomic mass is 9.43. The molecule has 2 N–H and O–H groups in total. The number of nitrogens with zero attached hydrogens (tertiary/aromatic N) is 1. The summed E-state index contributed by atoms with van der Waals surface area (Å²) in [4.78, 5) is 15.0. The van der Waals surface area contributed by atoms with E-state index in [2.05, 4.69) is 18.7 Å². The van der Waals surface area contributed by atoms with E-state index in [1.165, 1.54) is 6.92 Å². The van der Waals surface area contributed by atoms with Gasteiger partial charge in [-0.1, -0.05) is 13.8 Å². The van der Waals surface area contributed by atoms with Gasteiger partial charge in [-0.05, 0) is 37.1 Å². The number of aliphatic hydroxyl groups excluding tert-OH is 2. The fourth-order valence-electron chi connectivity index (χ4n) is 10.8. The summed E-state index contributed by atoms with van der Waals surface area (Å²) in [5.74, 6) is -0.160. The summed E-state index contributed by atoms with van der Waals surface area (Å²) >= 11 is 0. The van der Waals surface area contributed by atoms with Gasteiger partial charge in [0.05, 0.1) is 23.9 Å². The van der Waals surface area contributed by atoms with Crippen molar-refractivity contribution < 1.29 is 29.2 Å². The highest BCUT2D eigenvalue weighted by Crippen LogP contribution is 2.79. The second-order valence-electron chi connectivity index (χ2n) is 12.0. The standard InChI is InChI=1S/C25H39NO6/c1-6-26-11-23(3)8-7-16(28)25-14-9-13-15(30-4)10-24(31-5,17(14)19(13)29)18(22(25)26)20(21(23)25)32-12(2)27/h13-22,28-29H,6-11H2,1-5H3/t13-,14-,15+,16+,17-,18+,19+,20-,21-,22-,23+,24-,25+/m1/s1. The third-order valence-corrected chi connectivity index (χ3v) is 11.3. The van der Waals surface area contributed by atoms with Crippen molar-refractivity contribution in [2.45, 2.75) is 82.5 Å². The van der Waals surface area contributed by atoms with Gasteiger partial charge in [-0.3, -0.25) is 9.69 Å². The Morgan fingerprint density at radius 1 is 1.22 bits per heavy atom. The Hall–Kier alpha value is -0.730. The molecule has 180 valence electrons. The van der Waals surface area contributed by atoms with E-state index < -0.39 is 23.2 Å². The van der Waals surface area contributed by atoms with Crippen LogP contribution in [0.2, 0.25) is 0 Å². The molecule has 0 aromatic carbocycles. The van der Waals surface area contributed by atoms with Crippen LogP contribution in [0.5, 0.6) is 0 Å². The second kappa shape index (κ2) is 6.69. The molecule has 1 saturated heterocycles. The number of likely N-dealkylation sites (tertiary alicyclic amines) is 1. The molecular formula is C25H39NO6. The lowest BCUT2D eigenvalue weighted by Crippen LogP contribution is -2.75. The third kappa shape index (κ3) is 2.15. The molecule has 7 nitrogen and oxygen atoms in total. The molecule has 6 rings (SSSR count). The van der Waals surface area contributed by atoms with Crippen LogP contribution < -0.4 is 0 Å². The van der Waals surface area contributed by atoms with Crippen LogP contribution in [0.3, 0.4) is 0 Å². The molecule has 32 heavy (non-hydrogen) atoms. The van der Waals surface area contributed by atoms with Crippen LogP contribution in [0.4, 0.5) is 0 Å². The van der Waals surface area contributed by atoms with Gasteiger partial charge in [0.1, 0.15) is 6.10 Å². The molecular weight excluding hydrogens is 410 g/mol. The van der Waals surface area contributed by atoms with E-state index in [0.29, 0.717) is 6.42 Å². The molecule has 0 aromatic rings. The topological polar surface area (TPSA) is 88.5 Å². The van der Waals surface area contributed by atoms with Crippen molar-refractivity contribution in [3.8, 4) is 0 Å². The van der Waals surface area contributed by atoms with E-state index >= 15 is 0 Å². The van der Waals surface area contributed by atoms with Gasteiger partial charge in [0.25, 0.3) is 0 Å². The lowest BCUT2D eigenvalue weighted by molar-refractivity contribution is -0.273. The maximum Gasteiger partial charge on any atom is 0.302 e. The van der Waals surface area contributed by atoms with E-state index in [-0.39, 0.29) is 59.2 Å². The Labute approximate surface area is 190 Å². The molecule has 7 bridgehead atoms. The maximum atomic E-state index is 12.4. The number of ether oxygens (including phenoxy) is 3. The Morgan fingerprint density at radius 2 is 1.97 bits per heavy atom. The molecule has 0 unspecified atom stereocenters. The number of carbonyl (C=O) groups excluding carboxylic acids is 1. The SMILES string of the molecule is CCN1C[C@]2(C)CC[C@H](O)[C@@]34[C@@H]5C[C@H]6[C@H](O)[C@@H]5[C@](OC)(C[C@@H]6OC)[C@@H]([C@@H](OC(C)=O)[C@H]23)[C@@H]14. The molecule has 13 atom stereocenters. The van der Waals surface area contributed by atoms with Crippen molar-refractivity contribution in [1.82, 2.24) is 4.90 Å². The monoisotopic (exact) mass is 449 g/mol. The number of rotatable bonds is 4. The van der Waals surface area contributed by atoms with Crippen molar-refractivity contribution in [3.63, 3.8) is 0 Å². The minimum atomic E-state index is -0.635. The molecule has 0 amide bonds. The Balaban J connectivity index is 1.65. The summed E-state index contributed by atoms with van der Waals surface area (Å²) in [6.45, 7) is 7.89. The van der Waals surface area contributed by atoms with Gasteiger partial charge in [0.15, 0.2) is 0 Å². The Morgan fingerprint density at radius 3 is 2.59 bits per heavy atom. The molecule has 7 heteroatoms. The molecule has 6 aliphatic rings. The number of hydrogen-bond donors (Lipinski definition) is 2. The Bertz CT molecular complexity index is 822. The summed E-state index contributed by atoms with van der Waals surface area (Å²) in [6, 6.07) is 0.0768. The largest absolute Gasteiger partial charge is 0.462 e. The Kier molecular flexibility index (Phi) is 4.55. The van der Waals surface area contributed by atoms with Crippen molar-refractivity contribution in [3.05, 3.63) is 0 Å². The number of hydrogen-bond acceptors (Lipinski definition) is 7. The zero-order valence-electron chi connectivity index (χ0n) is 20.0. The molecule has 5 aliphatic carbocycles. The predicted octanol–water partition coefficient (Wildman–Crippen LogP) is 1.45. The van der Waals surface area contributed by atoms with Gasteiger partial charge in [-0.15, -0.1) is 0 Å². The number of aliphatic hydroxyl groups is 2. The van der Waals surface area contributed by atoms with E-state index in [4.69, 9.17) is 14.2 Å². The first-order chi connectivity index (χ1) is 15.2. The van der Waals surface area contributed by atoms with Gasteiger partial charge >= 0.3 is 5.97 Å². The van der Waals surface area contributed by atoms with Crippen molar-refractivity contribution in [1.29, 1.82) is 0 Å². The number of carbonyl (C=O) groups is 1. The smallest absolute Gasteiger partial charge is 0.302 e. The molecule has 1 heterocycles. The predicted molar refractivity (Wildman–Crippen MR) is 116 cm³/mol. The average molecular weight is 450 g/mol. The highest BCUT2D eigenvalue weighted by atomic mass is 16.6. The average Bonchev–Trinajstić information content (AvgIpc) is 3.15. The number of methoxy groups -OCH3 is 2. The van der Waals surface area contributed by atoms with Crippen LogP contribution in [-0.4, -0.2) is 84.5 Å². The summed E-state index contributed by atoms with van der Waals surface area (Å²) in [5, 5.41) is 23.5. The van der Waals surface area contributed by atoms with E-state index in [9.17, 15) is 15.0 Å². The van der Waals surface area contributed by atoms with Gasteiger partial charge in [0.2, 0.25) is 0 Å². The fourth-order valence-corrected chi connectivity index (χ4v) is 10.8. The van der Waals surface area contributed by atoms with Gasteiger partial charge in [0, 0.05) is 69.2 Å². The van der Waals surface area contributed by atoms with E-state index in [1.807, 2.05) is 0 Å². The van der Waals surface area contributed by atoms with Crippen molar-refractivity contribution in [2.75, 3.05) is 27.3 Å². The number of esters is 1. The highest BCUT2D eigenvalue weighted by Gasteiger charge is 2.86. The summed E-state index contributed by atoms with van der Waals surface area (Å²) in [5.41, 5.74) is -1.07. The minimum absolute atomic E-state index is 0.0438. The van der Waals surface area contributed by atoms with Gasteiger partial charge in [-0.2, -0.15) is 0 Å². The quantitative estimate of drug-likeness (QED) is 0.628. The zero-order valence-corrected chi connectivity index (χ0v) is 20.0. The molecule has 0 radical (unpaired) electrons. The van der Waals surface area contributed by atoms with Crippen LogP contribution in [0.1, 0.15) is 46.5 Å². The number of piperidine rings is 1. The lowest BCUT2D eigenvalue weighted by Gasteiger charge is -2.68. The summed E-state index contributed by atoms with van der Waals surface area (Å²) < 4.78 is 18.7. The summed E-state index contributed by atoms with van der Waals surface area (Å²) in [7, 11) is 3.49. The van der Waals surface area contributed by atoms with Gasteiger partial charge in [-0.25, -0.2) is 0 Å². The van der Waals surface area contributed by atoms with Crippen LogP contribution in [0, 0.1) is 40.4 Å². The van der Waals surface area contributed by atoms with Crippen LogP contribution in [0.15, 0.2) is 0 Å². The van der Waals surface area contributed by atoms with Crippen LogP contribution in [0.25, 0.3) is 0 Å². The van der Waals surface area contributed by atoms with Crippen molar-refractivity contribution in [2.24, 2.45) is 40.4 Å². The number of fused-ring (bicyclic) bond motifs is 2. The van der Waals surface area contributed by atoms with Crippen LogP contribution >= 0.6 is 0 Å². The van der Waals surface area contributed by atoms with E-state index in [0.717, 1.165) is 32.4 Å². The fraction of sp³-hybridized carbons (Fsp3) is 0.960. The zero-order chi connectivity index (χ0) is 22.8. The van der Waals surface area contributed by atoms with Crippen molar-refractivity contribution >= 4 is 5.97 Å². The molecule has 0 aromatic heterocycles. The first kappa shape index (κ1) is 21.8. The minimum Gasteiger partial charge on any atom is -0.462 e. The van der Waals surface area contributed by atoms with Gasteiger partial charge < -0.3 is 24.4 Å². The second-order valence-corrected chi connectivity index (χ2v) is 12.0. The molecule has 1 spiro atoms. The first-order valence-electron chi connectivity index (χ1n) is 12.6.